The molecule has 0 radical (unpaired) electrons. The Balaban J connectivity index is 2.02. The average molecular weight is 431 g/mol. The summed E-state index contributed by atoms with van der Waals surface area (Å²) in [4.78, 5) is 27.9. The maximum Gasteiger partial charge on any atom is 0.270 e. The molecule has 144 valence electrons. The molecule has 0 atom stereocenters. The van der Waals surface area contributed by atoms with Crippen LogP contribution >= 0.6 is 35.6 Å². The number of thioether (sulfide) groups is 1. The van der Waals surface area contributed by atoms with Gasteiger partial charge in [-0.15, -0.1) is 11.8 Å². The van der Waals surface area contributed by atoms with Crippen LogP contribution in [0.25, 0.3) is 6.08 Å². The number of benzene rings is 2. The Hall–Kier alpha value is -2.15. The molecule has 28 heavy (non-hydrogen) atoms. The van der Waals surface area contributed by atoms with Gasteiger partial charge in [-0.05, 0) is 54.2 Å². The van der Waals surface area contributed by atoms with Crippen molar-refractivity contribution in [3.05, 3.63) is 64.7 Å². The zero-order valence-electron chi connectivity index (χ0n) is 15.7. The van der Waals surface area contributed by atoms with Gasteiger partial charge in [0.25, 0.3) is 11.8 Å². The molecule has 1 aliphatic rings. The Morgan fingerprint density at radius 3 is 2.36 bits per heavy atom. The van der Waals surface area contributed by atoms with E-state index in [2.05, 4.69) is 26.1 Å². The quantitative estimate of drug-likeness (QED) is 0.320. The number of carbonyl (C=O) groups excluding carboxylic acids is 2. The topological polar surface area (TPSA) is 49.4 Å². The van der Waals surface area contributed by atoms with Gasteiger partial charge < -0.3 is 0 Å². The van der Waals surface area contributed by atoms with Crippen LogP contribution in [0.15, 0.2) is 59.0 Å². The summed E-state index contributed by atoms with van der Waals surface area (Å²) < 4.78 is -0.00957. The van der Waals surface area contributed by atoms with E-state index < -0.39 is 11.8 Å². The van der Waals surface area contributed by atoms with Crippen molar-refractivity contribution in [2.24, 2.45) is 0 Å². The normalized spacial score (nSPS) is 16.5. The van der Waals surface area contributed by atoms with Crippen LogP contribution in [-0.4, -0.2) is 21.7 Å². The van der Waals surface area contributed by atoms with Crippen LogP contribution in [0.4, 0.5) is 5.69 Å². The molecule has 2 aromatic carbocycles. The Labute approximate surface area is 178 Å². The number of carbonyl (C=O) groups is 2. The van der Waals surface area contributed by atoms with Gasteiger partial charge in [0.2, 0.25) is 0 Å². The highest BCUT2D eigenvalue weighted by atomic mass is 35.5. The minimum absolute atomic E-state index is 0.00957. The van der Waals surface area contributed by atoms with Gasteiger partial charge in [0.15, 0.2) is 5.11 Å². The smallest absolute Gasteiger partial charge is 0.270 e. The van der Waals surface area contributed by atoms with Crippen LogP contribution < -0.4 is 10.2 Å². The predicted octanol–water partition coefficient (Wildman–Crippen LogP) is 5.06. The zero-order valence-corrected chi connectivity index (χ0v) is 18.0. The summed E-state index contributed by atoms with van der Waals surface area (Å²) in [7, 11) is 0. The number of nitrogens with one attached hydrogen (secondary N) is 1. The van der Waals surface area contributed by atoms with Crippen LogP contribution in [0.5, 0.6) is 0 Å². The first-order chi connectivity index (χ1) is 13.2. The van der Waals surface area contributed by atoms with Crippen LogP contribution in [-0.2, 0) is 9.59 Å². The van der Waals surface area contributed by atoms with E-state index >= 15 is 0 Å². The lowest BCUT2D eigenvalue weighted by molar-refractivity contribution is -0.122. The van der Waals surface area contributed by atoms with Crippen molar-refractivity contribution in [3.63, 3.8) is 0 Å². The van der Waals surface area contributed by atoms with Crippen LogP contribution in [0.1, 0.15) is 26.3 Å². The highest BCUT2D eigenvalue weighted by Crippen LogP contribution is 2.35. The Kier molecular flexibility index (Phi) is 5.93. The first-order valence-corrected chi connectivity index (χ1v) is 10.2. The number of nitrogens with zero attached hydrogens (tertiary/aromatic N) is 1. The fourth-order valence-electron chi connectivity index (χ4n) is 2.66. The van der Waals surface area contributed by atoms with Gasteiger partial charge in [0.05, 0.1) is 5.69 Å². The van der Waals surface area contributed by atoms with Crippen molar-refractivity contribution >= 4 is 64.3 Å². The lowest BCUT2D eigenvalue weighted by Crippen LogP contribution is -2.54. The molecule has 2 aromatic rings. The Morgan fingerprint density at radius 1 is 1.07 bits per heavy atom. The molecule has 1 saturated heterocycles. The van der Waals surface area contributed by atoms with E-state index in [0.29, 0.717) is 10.7 Å². The SMILES string of the molecule is CC(C)(C)Sc1ccccc1/C=C1/C(=O)NC(=S)N(c2ccc(Cl)cc2)C1=O. The molecule has 7 heteroatoms. The number of amides is 2. The van der Waals surface area contributed by atoms with Crippen molar-refractivity contribution in [2.45, 2.75) is 30.4 Å². The molecule has 0 spiro atoms. The number of rotatable bonds is 3. The van der Waals surface area contributed by atoms with Crippen molar-refractivity contribution in [1.29, 1.82) is 0 Å². The molecule has 1 heterocycles. The monoisotopic (exact) mass is 430 g/mol. The molecule has 2 amide bonds. The van der Waals surface area contributed by atoms with Gasteiger partial charge in [-0.3, -0.25) is 19.8 Å². The molecule has 3 rings (SSSR count). The van der Waals surface area contributed by atoms with Gasteiger partial charge in [-0.25, -0.2) is 0 Å². The molecule has 1 fully saturated rings. The molecular weight excluding hydrogens is 412 g/mol. The van der Waals surface area contributed by atoms with E-state index in [4.69, 9.17) is 23.8 Å². The number of thiocarbonyl (C=S) groups is 1. The third kappa shape index (κ3) is 4.63. The second-order valence-corrected chi connectivity index (χ2v) is 9.88. The standard InChI is InChI=1S/C21H19ClN2O2S2/c1-21(2,3)28-17-7-5-4-6-13(17)12-16-18(25)23-20(27)24(19(16)26)15-10-8-14(22)9-11-15/h4-12H,1-3H3,(H,23,25,27)/b16-12-. The van der Waals surface area contributed by atoms with Crippen molar-refractivity contribution < 1.29 is 9.59 Å². The first kappa shape index (κ1) is 20.6. The highest BCUT2D eigenvalue weighted by molar-refractivity contribution is 8.00. The third-order valence-corrected chi connectivity index (χ3v) is 5.56. The van der Waals surface area contributed by atoms with E-state index in [1.54, 1.807) is 42.1 Å². The molecule has 0 aromatic heterocycles. The number of hydrogen-bond acceptors (Lipinski definition) is 4. The molecule has 0 unspecified atom stereocenters. The van der Waals surface area contributed by atoms with E-state index in [1.807, 2.05) is 24.3 Å². The number of halogens is 1. The van der Waals surface area contributed by atoms with Gasteiger partial charge in [-0.2, -0.15) is 0 Å². The lowest BCUT2D eigenvalue weighted by atomic mass is 10.1. The Bertz CT molecular complexity index is 979. The van der Waals surface area contributed by atoms with Gasteiger partial charge in [-0.1, -0.05) is 50.6 Å². The molecule has 1 N–H and O–H groups in total. The second kappa shape index (κ2) is 8.07. The summed E-state index contributed by atoms with van der Waals surface area (Å²) in [5, 5.41) is 3.20. The molecular formula is C21H19ClN2O2S2. The predicted molar refractivity (Wildman–Crippen MR) is 120 cm³/mol. The molecule has 0 saturated carbocycles. The van der Waals surface area contributed by atoms with Gasteiger partial charge >= 0.3 is 0 Å². The second-order valence-electron chi connectivity index (χ2n) is 7.19. The van der Waals surface area contributed by atoms with Crippen LogP contribution in [0.2, 0.25) is 5.02 Å². The summed E-state index contributed by atoms with van der Waals surface area (Å²) in [6.07, 6.45) is 1.62. The van der Waals surface area contributed by atoms with Crippen molar-refractivity contribution in [1.82, 2.24) is 5.32 Å². The lowest BCUT2D eigenvalue weighted by Gasteiger charge is -2.29. The van der Waals surface area contributed by atoms with Gasteiger partial charge in [0.1, 0.15) is 5.57 Å². The van der Waals surface area contributed by atoms with E-state index in [9.17, 15) is 9.59 Å². The van der Waals surface area contributed by atoms with Gasteiger partial charge in [0, 0.05) is 14.7 Å². The number of anilines is 1. The fraction of sp³-hybridized carbons (Fsp3) is 0.190. The van der Waals surface area contributed by atoms with Crippen molar-refractivity contribution in [2.75, 3.05) is 4.90 Å². The minimum Gasteiger partial charge on any atom is -0.298 e. The third-order valence-electron chi connectivity index (χ3n) is 3.82. The summed E-state index contributed by atoms with van der Waals surface area (Å²) in [6.45, 7) is 6.34. The maximum absolute atomic E-state index is 13.1. The van der Waals surface area contributed by atoms with Crippen LogP contribution in [0, 0.1) is 0 Å². The van der Waals surface area contributed by atoms with Crippen LogP contribution in [0.3, 0.4) is 0 Å². The maximum atomic E-state index is 13.1. The highest BCUT2D eigenvalue weighted by Gasteiger charge is 2.34. The zero-order chi connectivity index (χ0) is 20.5. The molecule has 4 nitrogen and oxygen atoms in total. The fourth-order valence-corrected chi connectivity index (χ4v) is 4.12. The first-order valence-electron chi connectivity index (χ1n) is 8.61. The molecule has 0 bridgehead atoms. The molecule has 0 aliphatic carbocycles. The number of hydrogen-bond donors (Lipinski definition) is 1. The average Bonchev–Trinajstić information content (AvgIpc) is 2.60. The van der Waals surface area contributed by atoms with E-state index in [0.717, 1.165) is 10.5 Å². The van der Waals surface area contributed by atoms with E-state index in [-0.39, 0.29) is 15.4 Å². The largest absolute Gasteiger partial charge is 0.298 e. The van der Waals surface area contributed by atoms with Crippen molar-refractivity contribution in [3.8, 4) is 0 Å². The minimum atomic E-state index is -0.504. The molecule has 1 aliphatic heterocycles. The summed E-state index contributed by atoms with van der Waals surface area (Å²) in [5.41, 5.74) is 1.39. The Morgan fingerprint density at radius 2 is 1.71 bits per heavy atom. The summed E-state index contributed by atoms with van der Waals surface area (Å²) in [6, 6.07) is 14.4. The van der Waals surface area contributed by atoms with E-state index in [1.165, 1.54) is 4.90 Å². The summed E-state index contributed by atoms with van der Waals surface area (Å²) in [5.74, 6) is -0.970. The summed E-state index contributed by atoms with van der Waals surface area (Å²) >= 11 is 12.8.